The molecule has 0 unspecified atom stereocenters. The van der Waals surface area contributed by atoms with Crippen LogP contribution in [0.4, 0.5) is 0 Å². The van der Waals surface area contributed by atoms with Gasteiger partial charge in [0.15, 0.2) is 4.32 Å². The van der Waals surface area contributed by atoms with E-state index in [1.807, 2.05) is 48.5 Å². The maximum atomic E-state index is 12.8. The second kappa shape index (κ2) is 10.5. The van der Waals surface area contributed by atoms with Gasteiger partial charge in [0, 0.05) is 4.47 Å². The van der Waals surface area contributed by atoms with Gasteiger partial charge in [-0.1, -0.05) is 75.7 Å². The number of thiocarbonyl (C=S) groups is 1. The summed E-state index contributed by atoms with van der Waals surface area (Å²) in [5, 5.41) is 1.35. The Morgan fingerprint density at radius 2 is 1.88 bits per heavy atom. The van der Waals surface area contributed by atoms with E-state index in [4.69, 9.17) is 28.6 Å². The van der Waals surface area contributed by atoms with Gasteiger partial charge in [0.25, 0.3) is 11.8 Å². The maximum absolute atomic E-state index is 12.8. The van der Waals surface area contributed by atoms with Crippen molar-refractivity contribution in [3.63, 3.8) is 0 Å². The van der Waals surface area contributed by atoms with Crippen LogP contribution in [0.15, 0.2) is 82.2 Å². The fourth-order valence-corrected chi connectivity index (χ4v) is 4.82. The molecule has 3 aromatic rings. The second-order valence-electron chi connectivity index (χ2n) is 6.93. The summed E-state index contributed by atoms with van der Waals surface area (Å²) in [5.41, 5.74) is 4.65. The van der Waals surface area contributed by atoms with E-state index in [0.717, 1.165) is 32.4 Å². The molecule has 1 saturated heterocycles. The predicted molar refractivity (Wildman–Crippen MR) is 139 cm³/mol. The van der Waals surface area contributed by atoms with Crippen molar-refractivity contribution in [3.8, 4) is 5.75 Å². The summed E-state index contributed by atoms with van der Waals surface area (Å²) in [4.78, 5) is 25.7. The number of hydrazine groups is 1. The molecule has 0 spiro atoms. The monoisotopic (exact) mass is 558 g/mol. The van der Waals surface area contributed by atoms with Gasteiger partial charge in [0.2, 0.25) is 0 Å². The average Bonchev–Trinajstić information content (AvgIpc) is 3.06. The lowest BCUT2D eigenvalue weighted by molar-refractivity contribution is -0.123. The summed E-state index contributed by atoms with van der Waals surface area (Å²) >= 11 is 15.9. The van der Waals surface area contributed by atoms with Crippen molar-refractivity contribution in [2.45, 2.75) is 6.61 Å². The first-order chi connectivity index (χ1) is 15.9. The number of thioether (sulfide) groups is 1. The highest BCUT2D eigenvalue weighted by molar-refractivity contribution is 9.10. The van der Waals surface area contributed by atoms with E-state index >= 15 is 0 Å². The van der Waals surface area contributed by atoms with Crippen LogP contribution in [0.2, 0.25) is 5.02 Å². The maximum Gasteiger partial charge on any atom is 0.285 e. The zero-order valence-corrected chi connectivity index (χ0v) is 20.9. The van der Waals surface area contributed by atoms with Gasteiger partial charge in [-0.05, 0) is 65.8 Å². The summed E-state index contributed by atoms with van der Waals surface area (Å²) in [6, 6.07) is 21.9. The van der Waals surface area contributed by atoms with Crippen LogP contribution >= 0.6 is 51.5 Å². The zero-order valence-electron chi connectivity index (χ0n) is 17.0. The number of benzene rings is 3. The molecule has 1 aliphatic rings. The first-order valence-electron chi connectivity index (χ1n) is 9.71. The van der Waals surface area contributed by atoms with Crippen molar-refractivity contribution in [2.24, 2.45) is 0 Å². The molecule has 1 heterocycles. The van der Waals surface area contributed by atoms with Crippen LogP contribution in [-0.2, 0) is 11.4 Å². The Kier molecular flexibility index (Phi) is 7.49. The molecule has 3 aromatic carbocycles. The summed E-state index contributed by atoms with van der Waals surface area (Å²) in [6.07, 6.45) is 1.72. The van der Waals surface area contributed by atoms with Gasteiger partial charge in [0.1, 0.15) is 12.4 Å². The third-order valence-electron chi connectivity index (χ3n) is 4.60. The van der Waals surface area contributed by atoms with Crippen LogP contribution in [0.25, 0.3) is 6.08 Å². The van der Waals surface area contributed by atoms with Crippen LogP contribution in [0.3, 0.4) is 0 Å². The van der Waals surface area contributed by atoms with E-state index in [1.165, 1.54) is 0 Å². The van der Waals surface area contributed by atoms with E-state index < -0.39 is 11.8 Å². The number of rotatable bonds is 6. The molecule has 9 heteroatoms. The van der Waals surface area contributed by atoms with E-state index in [-0.39, 0.29) is 14.9 Å². The van der Waals surface area contributed by atoms with Gasteiger partial charge >= 0.3 is 0 Å². The molecule has 1 fully saturated rings. The number of halogens is 2. The van der Waals surface area contributed by atoms with Crippen molar-refractivity contribution in [3.05, 3.63) is 104 Å². The lowest BCUT2D eigenvalue weighted by atomic mass is 10.2. The van der Waals surface area contributed by atoms with Gasteiger partial charge in [-0.3, -0.25) is 15.0 Å². The molecule has 166 valence electrons. The van der Waals surface area contributed by atoms with Gasteiger partial charge in [-0.15, -0.1) is 0 Å². The lowest BCUT2D eigenvalue weighted by Crippen LogP contribution is -2.44. The van der Waals surface area contributed by atoms with Crippen molar-refractivity contribution in [2.75, 3.05) is 0 Å². The normalized spacial score (nSPS) is 14.6. The molecule has 0 radical (unpaired) electrons. The third kappa shape index (κ3) is 5.83. The first-order valence-corrected chi connectivity index (χ1v) is 12.1. The number of nitrogens with one attached hydrogen (secondary N) is 1. The molecular formula is C24H16BrClN2O3S2. The third-order valence-corrected chi connectivity index (χ3v) is 6.72. The SMILES string of the molecule is O=C(NN1C(=O)/C(=C\c2ccc(OCc3cccc(Br)c3)cc2)SC1=S)c1ccccc1Cl. The number of hydrogen-bond acceptors (Lipinski definition) is 5. The largest absolute Gasteiger partial charge is 0.489 e. The molecular weight excluding hydrogens is 544 g/mol. The fraction of sp³-hybridized carbons (Fsp3) is 0.0417. The Balaban J connectivity index is 1.40. The summed E-state index contributed by atoms with van der Waals surface area (Å²) in [6.45, 7) is 0.447. The van der Waals surface area contributed by atoms with E-state index in [1.54, 1.807) is 30.3 Å². The minimum atomic E-state index is -0.509. The van der Waals surface area contributed by atoms with Crippen LogP contribution in [0, 0.1) is 0 Å². The quantitative estimate of drug-likeness (QED) is 0.287. The van der Waals surface area contributed by atoms with E-state index in [9.17, 15) is 9.59 Å². The Bertz CT molecular complexity index is 1260. The lowest BCUT2D eigenvalue weighted by Gasteiger charge is -2.16. The second-order valence-corrected chi connectivity index (χ2v) is 9.92. The minimum Gasteiger partial charge on any atom is -0.489 e. The van der Waals surface area contributed by atoms with Gasteiger partial charge in [-0.2, -0.15) is 5.01 Å². The average molecular weight is 560 g/mol. The van der Waals surface area contributed by atoms with E-state index in [2.05, 4.69) is 21.4 Å². The summed E-state index contributed by atoms with van der Waals surface area (Å²) < 4.78 is 7.06. The van der Waals surface area contributed by atoms with Gasteiger partial charge in [-0.25, -0.2) is 0 Å². The first kappa shape index (κ1) is 23.5. The van der Waals surface area contributed by atoms with E-state index in [0.29, 0.717) is 17.3 Å². The molecule has 0 aliphatic carbocycles. The summed E-state index contributed by atoms with van der Waals surface area (Å²) in [5.74, 6) is -0.197. The molecule has 0 aromatic heterocycles. The van der Waals surface area contributed by atoms with Crippen LogP contribution in [0.1, 0.15) is 21.5 Å². The van der Waals surface area contributed by atoms with Crippen molar-refractivity contribution in [1.82, 2.24) is 10.4 Å². The molecule has 0 atom stereocenters. The van der Waals surface area contributed by atoms with Crippen molar-refractivity contribution >= 4 is 73.7 Å². The van der Waals surface area contributed by atoms with Gasteiger partial charge in [0.05, 0.1) is 15.5 Å². The topological polar surface area (TPSA) is 58.6 Å². The van der Waals surface area contributed by atoms with Gasteiger partial charge < -0.3 is 4.74 Å². The molecule has 0 saturated carbocycles. The Hall–Kier alpha value is -2.65. The molecule has 5 nitrogen and oxygen atoms in total. The molecule has 33 heavy (non-hydrogen) atoms. The smallest absolute Gasteiger partial charge is 0.285 e. The number of carbonyl (C=O) groups is 2. The standard InChI is InChI=1S/C24H16BrClN2O3S2/c25-17-5-3-4-16(12-17)14-31-18-10-8-15(9-11-18)13-21-23(30)28(24(32)33-21)27-22(29)19-6-1-2-7-20(19)26/h1-13H,14H2,(H,27,29)/b21-13+. The van der Waals surface area contributed by atoms with Crippen LogP contribution < -0.4 is 10.2 Å². The Morgan fingerprint density at radius 3 is 2.61 bits per heavy atom. The highest BCUT2D eigenvalue weighted by atomic mass is 79.9. The number of nitrogens with zero attached hydrogens (tertiary/aromatic N) is 1. The van der Waals surface area contributed by atoms with Crippen molar-refractivity contribution in [1.29, 1.82) is 0 Å². The number of carbonyl (C=O) groups excluding carboxylic acids is 2. The number of amides is 2. The molecule has 2 amide bonds. The fourth-order valence-electron chi connectivity index (χ4n) is 2.98. The predicted octanol–water partition coefficient (Wildman–Crippen LogP) is 6.23. The molecule has 0 bridgehead atoms. The highest BCUT2D eigenvalue weighted by Crippen LogP contribution is 2.32. The zero-order chi connectivity index (χ0) is 23.4. The Morgan fingerprint density at radius 1 is 1.12 bits per heavy atom. The summed E-state index contributed by atoms with van der Waals surface area (Å²) in [7, 11) is 0. The van der Waals surface area contributed by atoms with Crippen molar-refractivity contribution < 1.29 is 14.3 Å². The number of ether oxygens (including phenoxy) is 1. The molecule has 1 aliphatic heterocycles. The van der Waals surface area contributed by atoms with Crippen LogP contribution in [0.5, 0.6) is 5.75 Å². The molecule has 4 rings (SSSR count). The Labute approximate surface area is 213 Å². The minimum absolute atomic E-state index is 0.237. The van der Waals surface area contributed by atoms with Crippen LogP contribution in [-0.4, -0.2) is 21.1 Å². The number of hydrogen-bond donors (Lipinski definition) is 1. The molecule has 1 N–H and O–H groups in total. The highest BCUT2D eigenvalue weighted by Gasteiger charge is 2.34.